The van der Waals surface area contributed by atoms with Gasteiger partial charge in [0.15, 0.2) is 0 Å². The maximum Gasteiger partial charge on any atom is 0.243 e. The number of thioether (sulfide) groups is 1. The van der Waals surface area contributed by atoms with Crippen LogP contribution >= 0.6 is 11.8 Å². The second-order valence-corrected chi connectivity index (χ2v) is 11.0. The first-order valence-corrected chi connectivity index (χ1v) is 14.1. The summed E-state index contributed by atoms with van der Waals surface area (Å²) < 4.78 is 34.0. The third-order valence-corrected chi connectivity index (χ3v) is 8.13. The summed E-state index contributed by atoms with van der Waals surface area (Å²) in [5.41, 5.74) is 2.47. The highest BCUT2D eigenvalue weighted by atomic mass is 32.2. The lowest BCUT2D eigenvalue weighted by Gasteiger charge is -2.24. The van der Waals surface area contributed by atoms with Gasteiger partial charge in [-0.1, -0.05) is 42.5 Å². The number of aryl methyl sites for hydroxylation is 1. The summed E-state index contributed by atoms with van der Waals surface area (Å²) in [7, 11) is -3.94. The lowest BCUT2D eigenvalue weighted by atomic mass is 10.1. The van der Waals surface area contributed by atoms with Gasteiger partial charge in [0.25, 0.3) is 0 Å². The Morgan fingerprint density at radius 1 is 1.06 bits per heavy atom. The number of hydrogen-bond acceptors (Lipinski definition) is 5. The van der Waals surface area contributed by atoms with Crippen LogP contribution < -0.4 is 10.1 Å². The number of hydrogen-bond donors (Lipinski definition) is 1. The monoisotopic (exact) mass is 512 g/mol. The van der Waals surface area contributed by atoms with Gasteiger partial charge in [-0.3, -0.25) is 4.79 Å². The molecule has 3 rings (SSSR count). The van der Waals surface area contributed by atoms with Crippen molar-refractivity contribution in [1.29, 1.82) is 0 Å². The number of nitrogens with one attached hydrogen (secondary N) is 1. The van der Waals surface area contributed by atoms with Crippen LogP contribution in [-0.2, 0) is 21.4 Å². The van der Waals surface area contributed by atoms with E-state index in [1.54, 1.807) is 23.9 Å². The Morgan fingerprint density at radius 2 is 1.74 bits per heavy atom. The zero-order chi connectivity index (χ0) is 25.4. The van der Waals surface area contributed by atoms with Crippen LogP contribution in [0.15, 0.2) is 82.6 Å². The molecule has 35 heavy (non-hydrogen) atoms. The number of ether oxygens (including phenoxy) is 1. The number of carbonyl (C=O) groups excluding carboxylic acids is 1. The fourth-order valence-electron chi connectivity index (χ4n) is 3.68. The molecule has 0 aliphatic heterocycles. The molecule has 0 aliphatic carbocycles. The second kappa shape index (κ2) is 12.2. The molecule has 0 saturated carbocycles. The largest absolute Gasteiger partial charge is 0.494 e. The highest BCUT2D eigenvalue weighted by molar-refractivity contribution is 7.98. The summed E-state index contributed by atoms with van der Waals surface area (Å²) in [6, 6.07) is 21.7. The molecule has 1 amide bonds. The van der Waals surface area contributed by atoms with Gasteiger partial charge in [-0.05, 0) is 74.0 Å². The van der Waals surface area contributed by atoms with Crippen LogP contribution in [0.25, 0.3) is 0 Å². The fourth-order valence-corrected chi connectivity index (χ4v) is 5.56. The zero-order valence-electron chi connectivity index (χ0n) is 20.5. The van der Waals surface area contributed by atoms with E-state index >= 15 is 0 Å². The van der Waals surface area contributed by atoms with Crippen LogP contribution in [0.4, 0.5) is 0 Å². The molecule has 0 unspecified atom stereocenters. The van der Waals surface area contributed by atoms with E-state index in [1.807, 2.05) is 81.6 Å². The molecular weight excluding hydrogens is 480 g/mol. The second-order valence-electron chi connectivity index (χ2n) is 8.18. The standard InChI is InChI=1S/C27H32N2O4S2/c1-5-33-26-16-15-25(17-20(26)2)35(31,32)29(18-22-9-7-6-8-10-22)19-27(30)28-21(3)23-11-13-24(34-4)14-12-23/h6-17,21H,5,18-19H2,1-4H3,(H,28,30)/t21-/m1/s1. The van der Waals surface area contributed by atoms with E-state index in [2.05, 4.69) is 5.32 Å². The molecule has 0 heterocycles. The normalized spacial score (nSPS) is 12.4. The van der Waals surface area contributed by atoms with Crippen molar-refractivity contribution >= 4 is 27.7 Å². The van der Waals surface area contributed by atoms with Crippen LogP contribution in [-0.4, -0.2) is 38.0 Å². The molecule has 0 aliphatic rings. The number of nitrogens with zero attached hydrogens (tertiary/aromatic N) is 1. The molecule has 1 N–H and O–H groups in total. The molecule has 1 atom stereocenters. The maximum absolute atomic E-state index is 13.6. The topological polar surface area (TPSA) is 75.7 Å². The van der Waals surface area contributed by atoms with Crippen LogP contribution in [0.5, 0.6) is 5.75 Å². The van der Waals surface area contributed by atoms with Crippen LogP contribution in [0.3, 0.4) is 0 Å². The van der Waals surface area contributed by atoms with E-state index in [0.29, 0.717) is 12.4 Å². The van der Waals surface area contributed by atoms with Gasteiger partial charge in [0, 0.05) is 11.4 Å². The van der Waals surface area contributed by atoms with Crippen molar-refractivity contribution in [1.82, 2.24) is 9.62 Å². The average molecular weight is 513 g/mol. The van der Waals surface area contributed by atoms with Crippen molar-refractivity contribution in [3.8, 4) is 5.75 Å². The third kappa shape index (κ3) is 7.10. The molecule has 186 valence electrons. The summed E-state index contributed by atoms with van der Waals surface area (Å²) >= 11 is 1.65. The Bertz CT molecular complexity index is 1230. The third-order valence-electron chi connectivity index (χ3n) is 5.60. The van der Waals surface area contributed by atoms with Crippen LogP contribution in [0, 0.1) is 6.92 Å². The molecule has 0 aromatic heterocycles. The van der Waals surface area contributed by atoms with Crippen molar-refractivity contribution < 1.29 is 17.9 Å². The minimum Gasteiger partial charge on any atom is -0.494 e. The van der Waals surface area contributed by atoms with E-state index in [1.165, 1.54) is 10.4 Å². The van der Waals surface area contributed by atoms with Crippen molar-refractivity contribution in [2.75, 3.05) is 19.4 Å². The lowest BCUT2D eigenvalue weighted by Crippen LogP contribution is -2.41. The van der Waals surface area contributed by atoms with Gasteiger partial charge < -0.3 is 10.1 Å². The zero-order valence-corrected chi connectivity index (χ0v) is 22.2. The Hall–Kier alpha value is -2.81. The molecule has 0 radical (unpaired) electrons. The molecule has 0 saturated heterocycles. The van der Waals surface area contributed by atoms with E-state index in [-0.39, 0.29) is 29.9 Å². The summed E-state index contributed by atoms with van der Waals surface area (Å²) in [5.74, 6) is 0.272. The molecule has 0 bridgehead atoms. The minimum atomic E-state index is -3.94. The van der Waals surface area contributed by atoms with E-state index in [4.69, 9.17) is 4.74 Å². The van der Waals surface area contributed by atoms with Gasteiger partial charge in [-0.15, -0.1) is 11.8 Å². The first-order chi connectivity index (χ1) is 16.7. The van der Waals surface area contributed by atoms with Gasteiger partial charge in [0.1, 0.15) is 5.75 Å². The number of carbonyl (C=O) groups is 1. The predicted molar refractivity (Wildman–Crippen MR) is 141 cm³/mol. The molecular formula is C27H32N2O4S2. The molecule has 0 spiro atoms. The SMILES string of the molecule is CCOc1ccc(S(=O)(=O)N(CC(=O)N[C@H](C)c2ccc(SC)cc2)Cc2ccccc2)cc1C. The smallest absolute Gasteiger partial charge is 0.243 e. The van der Waals surface area contributed by atoms with Gasteiger partial charge >= 0.3 is 0 Å². The number of rotatable bonds is 11. The number of amides is 1. The van der Waals surface area contributed by atoms with Gasteiger partial charge in [-0.25, -0.2) is 8.42 Å². The number of sulfonamides is 1. The Labute approximate surface area is 212 Å². The van der Waals surface area contributed by atoms with Crippen molar-refractivity contribution in [2.24, 2.45) is 0 Å². The fraction of sp³-hybridized carbons (Fsp3) is 0.296. The van der Waals surface area contributed by atoms with Gasteiger partial charge in [-0.2, -0.15) is 4.31 Å². The van der Waals surface area contributed by atoms with Crippen molar-refractivity contribution in [2.45, 2.75) is 43.1 Å². The minimum absolute atomic E-state index is 0.0830. The molecule has 8 heteroatoms. The summed E-state index contributed by atoms with van der Waals surface area (Å²) in [6.07, 6.45) is 2.01. The molecule has 6 nitrogen and oxygen atoms in total. The van der Waals surface area contributed by atoms with E-state index < -0.39 is 10.0 Å². The molecule has 3 aromatic carbocycles. The average Bonchev–Trinajstić information content (AvgIpc) is 2.85. The highest BCUT2D eigenvalue weighted by Gasteiger charge is 2.28. The maximum atomic E-state index is 13.6. The van der Waals surface area contributed by atoms with E-state index in [0.717, 1.165) is 21.6 Å². The van der Waals surface area contributed by atoms with Crippen LogP contribution in [0.2, 0.25) is 0 Å². The van der Waals surface area contributed by atoms with Crippen LogP contribution in [0.1, 0.15) is 36.6 Å². The Balaban J connectivity index is 1.83. The summed E-state index contributed by atoms with van der Waals surface area (Å²) in [6.45, 7) is 5.85. The Morgan fingerprint density at radius 3 is 2.34 bits per heavy atom. The predicted octanol–water partition coefficient (Wildman–Crippen LogP) is 5.18. The van der Waals surface area contributed by atoms with E-state index in [9.17, 15) is 13.2 Å². The summed E-state index contributed by atoms with van der Waals surface area (Å²) in [4.78, 5) is 14.3. The highest BCUT2D eigenvalue weighted by Crippen LogP contribution is 2.25. The quantitative estimate of drug-likeness (QED) is 0.358. The first kappa shape index (κ1) is 26.8. The van der Waals surface area contributed by atoms with Gasteiger partial charge in [0.05, 0.1) is 24.1 Å². The molecule has 3 aromatic rings. The number of benzene rings is 3. The lowest BCUT2D eigenvalue weighted by molar-refractivity contribution is -0.122. The summed E-state index contributed by atoms with van der Waals surface area (Å²) in [5, 5.41) is 2.94. The van der Waals surface area contributed by atoms with Crippen molar-refractivity contribution in [3.05, 3.63) is 89.5 Å². The first-order valence-electron chi connectivity index (χ1n) is 11.5. The van der Waals surface area contributed by atoms with Gasteiger partial charge in [0.2, 0.25) is 15.9 Å². The Kier molecular flexibility index (Phi) is 9.37. The molecule has 0 fully saturated rings. The van der Waals surface area contributed by atoms with Crippen molar-refractivity contribution in [3.63, 3.8) is 0 Å².